The zero-order valence-corrected chi connectivity index (χ0v) is 9.88. The molecule has 0 bridgehead atoms. The van der Waals surface area contributed by atoms with Gasteiger partial charge in [-0.25, -0.2) is 10.8 Å². The van der Waals surface area contributed by atoms with Crippen LogP contribution in [0.2, 0.25) is 5.02 Å². The van der Waals surface area contributed by atoms with Crippen LogP contribution in [-0.4, -0.2) is 12.0 Å². The molecule has 1 aromatic rings. The number of hydrogen-bond donors (Lipinski definition) is 3. The van der Waals surface area contributed by atoms with Crippen LogP contribution in [0, 0.1) is 6.92 Å². The van der Waals surface area contributed by atoms with Gasteiger partial charge in [-0.2, -0.15) is 0 Å². The van der Waals surface area contributed by atoms with Gasteiger partial charge in [0.15, 0.2) is 0 Å². The van der Waals surface area contributed by atoms with E-state index in [1.807, 2.05) is 25.1 Å². The molecule has 4 N–H and O–H groups in total. The predicted octanol–water partition coefficient (Wildman–Crippen LogP) is 2.04. The summed E-state index contributed by atoms with van der Waals surface area (Å²) in [4.78, 5) is 4.39. The summed E-state index contributed by atoms with van der Waals surface area (Å²) in [7, 11) is 0. The molecule has 2 rings (SSSR count). The molecule has 0 radical (unpaired) electrons. The largest absolute Gasteiger partial charge is 0.324 e. The van der Waals surface area contributed by atoms with Crippen molar-refractivity contribution in [2.75, 3.05) is 5.32 Å². The summed E-state index contributed by atoms with van der Waals surface area (Å²) < 4.78 is 0. The molecule has 1 fully saturated rings. The van der Waals surface area contributed by atoms with E-state index in [0.29, 0.717) is 17.0 Å². The minimum Gasteiger partial charge on any atom is -0.324 e. The molecule has 5 heteroatoms. The first-order chi connectivity index (χ1) is 7.70. The number of hydrogen-bond acceptors (Lipinski definition) is 2. The number of para-hydroxylation sites is 1. The van der Waals surface area contributed by atoms with Gasteiger partial charge in [-0.15, -0.1) is 0 Å². The van der Waals surface area contributed by atoms with Crippen molar-refractivity contribution < 1.29 is 0 Å². The molecule has 0 aromatic heterocycles. The lowest BCUT2D eigenvalue weighted by molar-refractivity contribution is 0.965. The average Bonchev–Trinajstić information content (AvgIpc) is 3.06. The molecule has 0 saturated heterocycles. The topological polar surface area (TPSA) is 62.4 Å². The third-order valence-electron chi connectivity index (χ3n) is 2.46. The molecule has 0 heterocycles. The van der Waals surface area contributed by atoms with Gasteiger partial charge in [-0.05, 0) is 31.4 Å². The van der Waals surface area contributed by atoms with Gasteiger partial charge in [0, 0.05) is 0 Å². The van der Waals surface area contributed by atoms with Crippen LogP contribution in [-0.2, 0) is 0 Å². The lowest BCUT2D eigenvalue weighted by Gasteiger charge is -2.12. The van der Waals surface area contributed by atoms with E-state index in [1.165, 1.54) is 0 Å². The van der Waals surface area contributed by atoms with Crippen molar-refractivity contribution in [3.63, 3.8) is 0 Å². The second-order valence-electron chi connectivity index (χ2n) is 3.91. The second kappa shape index (κ2) is 4.72. The van der Waals surface area contributed by atoms with Crippen LogP contribution in [0.3, 0.4) is 0 Å². The van der Waals surface area contributed by atoms with E-state index in [9.17, 15) is 0 Å². The summed E-state index contributed by atoms with van der Waals surface area (Å²) in [5, 5.41) is 3.78. The van der Waals surface area contributed by atoms with Crippen molar-refractivity contribution in [2.24, 2.45) is 10.8 Å². The Morgan fingerprint density at radius 1 is 1.50 bits per heavy atom. The number of halogens is 1. The number of benzene rings is 1. The number of nitrogens with zero attached hydrogens (tertiary/aromatic N) is 1. The quantitative estimate of drug-likeness (QED) is 0.320. The third-order valence-corrected chi connectivity index (χ3v) is 2.78. The summed E-state index contributed by atoms with van der Waals surface area (Å²) in [5.41, 5.74) is 4.47. The fourth-order valence-electron chi connectivity index (χ4n) is 1.40. The van der Waals surface area contributed by atoms with Crippen LogP contribution < -0.4 is 16.6 Å². The van der Waals surface area contributed by atoms with Crippen LogP contribution in [0.1, 0.15) is 18.4 Å². The third kappa shape index (κ3) is 2.65. The highest BCUT2D eigenvalue weighted by Crippen LogP contribution is 2.26. The molecule has 4 nitrogen and oxygen atoms in total. The number of aryl methyl sites for hydroxylation is 1. The first-order valence-electron chi connectivity index (χ1n) is 5.27. The van der Waals surface area contributed by atoms with Gasteiger partial charge in [0.2, 0.25) is 5.96 Å². The minimum atomic E-state index is 0.404. The first kappa shape index (κ1) is 11.2. The van der Waals surface area contributed by atoms with E-state index in [0.717, 1.165) is 24.1 Å². The number of anilines is 1. The van der Waals surface area contributed by atoms with Crippen LogP contribution in [0.4, 0.5) is 5.69 Å². The fourth-order valence-corrected chi connectivity index (χ4v) is 1.67. The van der Waals surface area contributed by atoms with Crippen molar-refractivity contribution in [1.82, 2.24) is 5.43 Å². The van der Waals surface area contributed by atoms with Gasteiger partial charge in [0.05, 0.1) is 16.8 Å². The zero-order valence-electron chi connectivity index (χ0n) is 9.13. The maximum absolute atomic E-state index is 6.10. The molecular weight excluding hydrogens is 224 g/mol. The van der Waals surface area contributed by atoms with Crippen molar-refractivity contribution in [3.8, 4) is 0 Å². The highest BCUT2D eigenvalue weighted by atomic mass is 35.5. The van der Waals surface area contributed by atoms with Gasteiger partial charge in [-0.1, -0.05) is 23.7 Å². The summed E-state index contributed by atoms with van der Waals surface area (Å²) in [6.45, 7) is 1.99. The molecular formula is C11H15ClN4. The van der Waals surface area contributed by atoms with E-state index < -0.39 is 0 Å². The Kier molecular flexibility index (Phi) is 3.31. The highest BCUT2D eigenvalue weighted by Gasteiger charge is 2.21. The van der Waals surface area contributed by atoms with Crippen molar-refractivity contribution >= 4 is 23.2 Å². The van der Waals surface area contributed by atoms with E-state index in [2.05, 4.69) is 15.7 Å². The molecule has 1 aromatic carbocycles. The maximum atomic E-state index is 6.10. The summed E-state index contributed by atoms with van der Waals surface area (Å²) in [6, 6.07) is 6.14. The normalized spacial score (nSPS) is 16.1. The molecule has 0 amide bonds. The Morgan fingerprint density at radius 2 is 2.25 bits per heavy atom. The van der Waals surface area contributed by atoms with Gasteiger partial charge < -0.3 is 5.32 Å². The lowest BCUT2D eigenvalue weighted by Crippen LogP contribution is -2.36. The van der Waals surface area contributed by atoms with E-state index >= 15 is 0 Å². The molecule has 16 heavy (non-hydrogen) atoms. The number of nitrogens with two attached hydrogens (primary N) is 1. The van der Waals surface area contributed by atoms with Crippen molar-refractivity contribution in [3.05, 3.63) is 28.8 Å². The van der Waals surface area contributed by atoms with Crippen LogP contribution in [0.15, 0.2) is 23.2 Å². The predicted molar refractivity (Wildman–Crippen MR) is 67.6 cm³/mol. The summed E-state index contributed by atoms with van der Waals surface area (Å²) in [5.74, 6) is 5.98. The highest BCUT2D eigenvalue weighted by molar-refractivity contribution is 6.34. The minimum absolute atomic E-state index is 0.404. The smallest absolute Gasteiger partial charge is 0.210 e. The lowest BCUT2D eigenvalue weighted by atomic mass is 10.2. The van der Waals surface area contributed by atoms with Crippen molar-refractivity contribution in [1.29, 1.82) is 0 Å². The summed E-state index contributed by atoms with van der Waals surface area (Å²) >= 11 is 6.10. The Hall–Kier alpha value is -1.26. The molecule has 1 saturated carbocycles. The Bertz CT molecular complexity index is 392. The SMILES string of the molecule is Cc1cccc(Cl)c1NC(=NC1CC1)NN. The number of nitrogens with one attached hydrogen (secondary N) is 2. The molecule has 1 aliphatic rings. The van der Waals surface area contributed by atoms with E-state index in [1.54, 1.807) is 0 Å². The Labute approximate surface area is 99.9 Å². The van der Waals surface area contributed by atoms with Gasteiger partial charge >= 0.3 is 0 Å². The van der Waals surface area contributed by atoms with Crippen LogP contribution >= 0.6 is 11.6 Å². The monoisotopic (exact) mass is 238 g/mol. The molecule has 0 spiro atoms. The van der Waals surface area contributed by atoms with E-state index in [4.69, 9.17) is 17.4 Å². The fraction of sp³-hybridized carbons (Fsp3) is 0.364. The standard InChI is InChI=1S/C11H15ClN4/c1-7-3-2-4-9(12)10(7)15-11(16-13)14-8-5-6-8/h2-4,8H,5-6,13H2,1H3,(H2,14,15,16). The van der Waals surface area contributed by atoms with Gasteiger partial charge in [-0.3, -0.25) is 5.43 Å². The summed E-state index contributed by atoms with van der Waals surface area (Å²) in [6.07, 6.45) is 2.27. The van der Waals surface area contributed by atoms with Crippen LogP contribution in [0.5, 0.6) is 0 Å². The Morgan fingerprint density at radius 3 is 2.81 bits per heavy atom. The van der Waals surface area contributed by atoms with Crippen molar-refractivity contribution in [2.45, 2.75) is 25.8 Å². The molecule has 86 valence electrons. The molecule has 0 aliphatic heterocycles. The van der Waals surface area contributed by atoms with Crippen LogP contribution in [0.25, 0.3) is 0 Å². The average molecular weight is 239 g/mol. The van der Waals surface area contributed by atoms with Gasteiger partial charge in [0.1, 0.15) is 0 Å². The maximum Gasteiger partial charge on any atom is 0.210 e. The van der Waals surface area contributed by atoms with Gasteiger partial charge in [0.25, 0.3) is 0 Å². The second-order valence-corrected chi connectivity index (χ2v) is 4.32. The molecule has 1 aliphatic carbocycles. The number of rotatable bonds is 2. The Balaban J connectivity index is 2.18. The number of guanidine groups is 1. The zero-order chi connectivity index (χ0) is 11.5. The molecule has 0 unspecified atom stereocenters. The molecule has 0 atom stereocenters. The number of aliphatic imine (C=N–C) groups is 1. The number of hydrazine groups is 1. The van der Waals surface area contributed by atoms with E-state index in [-0.39, 0.29) is 0 Å². The first-order valence-corrected chi connectivity index (χ1v) is 5.65.